The molecule has 3 N–H and O–H groups in total. The van der Waals surface area contributed by atoms with E-state index in [0.29, 0.717) is 17.0 Å². The fourth-order valence-electron chi connectivity index (χ4n) is 1.86. The highest BCUT2D eigenvalue weighted by Gasteiger charge is 2.10. The second-order valence-corrected chi connectivity index (χ2v) is 5.94. The number of terminal acetylenes is 1. The molecule has 0 bridgehead atoms. The summed E-state index contributed by atoms with van der Waals surface area (Å²) in [4.78, 5) is 0. The van der Waals surface area contributed by atoms with Crippen LogP contribution >= 0.6 is 0 Å². The summed E-state index contributed by atoms with van der Waals surface area (Å²) in [5, 5.41) is 32.0. The summed E-state index contributed by atoms with van der Waals surface area (Å²) >= 11 is 0. The quantitative estimate of drug-likeness (QED) is 0.258. The number of aromatic nitrogens is 1. The Labute approximate surface area is 173 Å². The highest BCUT2D eigenvalue weighted by atomic mass is 19.1. The number of oxime groups is 1. The molecule has 30 heavy (non-hydrogen) atoms. The van der Waals surface area contributed by atoms with E-state index < -0.39 is 12.2 Å². The lowest BCUT2D eigenvalue weighted by atomic mass is 10.1. The van der Waals surface area contributed by atoms with Gasteiger partial charge in [-0.1, -0.05) is 28.4 Å². The van der Waals surface area contributed by atoms with Crippen LogP contribution in [0.5, 0.6) is 0 Å². The Hall–Kier alpha value is -3.54. The smallest absolute Gasteiger partial charge is 0.165 e. The molecule has 2 unspecified atom stereocenters. The number of rotatable bonds is 3. The van der Waals surface area contributed by atoms with Gasteiger partial charge in [0.15, 0.2) is 5.76 Å². The van der Waals surface area contributed by atoms with Crippen molar-refractivity contribution in [3.05, 3.63) is 77.6 Å². The van der Waals surface area contributed by atoms with E-state index in [1.165, 1.54) is 42.6 Å². The summed E-state index contributed by atoms with van der Waals surface area (Å²) in [6, 6.07) is 13.2. The molecule has 158 valence electrons. The van der Waals surface area contributed by atoms with Gasteiger partial charge >= 0.3 is 0 Å². The fraction of sp³-hybridized carbons (Fsp3) is 0.182. The van der Waals surface area contributed by atoms with E-state index in [-0.39, 0.29) is 11.6 Å². The van der Waals surface area contributed by atoms with Crippen LogP contribution in [-0.4, -0.2) is 32.9 Å². The molecule has 6 nitrogen and oxygen atoms in total. The van der Waals surface area contributed by atoms with Gasteiger partial charge in [0.2, 0.25) is 0 Å². The zero-order valence-electron chi connectivity index (χ0n) is 16.4. The molecule has 0 fully saturated rings. The van der Waals surface area contributed by atoms with Crippen molar-refractivity contribution in [2.24, 2.45) is 5.16 Å². The normalized spacial score (nSPS) is 12.0. The SMILES string of the molecule is C#CC(C)O.CC(O)c1cc(-c2ccc(F)cc2)no1.ON=Cc1ccc(F)cc1. The summed E-state index contributed by atoms with van der Waals surface area (Å²) < 4.78 is 29.8. The lowest BCUT2D eigenvalue weighted by Gasteiger charge is -1.94. The van der Waals surface area contributed by atoms with Crippen molar-refractivity contribution in [1.82, 2.24) is 5.16 Å². The van der Waals surface area contributed by atoms with Gasteiger partial charge in [-0.3, -0.25) is 0 Å². The molecule has 1 aromatic heterocycles. The molecule has 8 heteroatoms. The van der Waals surface area contributed by atoms with Crippen molar-refractivity contribution in [1.29, 1.82) is 0 Å². The van der Waals surface area contributed by atoms with Crippen LogP contribution in [0.15, 0.2) is 64.3 Å². The molecule has 2 atom stereocenters. The Morgan fingerprint density at radius 1 is 1.03 bits per heavy atom. The van der Waals surface area contributed by atoms with Gasteiger partial charge in [-0.05, 0) is 55.8 Å². The van der Waals surface area contributed by atoms with E-state index in [0.717, 1.165) is 5.56 Å². The van der Waals surface area contributed by atoms with Crippen molar-refractivity contribution in [3.8, 4) is 23.6 Å². The third-order valence-electron chi connectivity index (χ3n) is 3.40. The molecule has 0 saturated carbocycles. The second-order valence-electron chi connectivity index (χ2n) is 5.94. The second kappa shape index (κ2) is 12.8. The van der Waals surface area contributed by atoms with Gasteiger partial charge in [0.1, 0.15) is 29.5 Å². The first-order chi connectivity index (χ1) is 14.3. The molecular formula is C22H22F2N2O4. The third kappa shape index (κ3) is 9.10. The Kier molecular flexibility index (Phi) is 10.5. The van der Waals surface area contributed by atoms with Gasteiger partial charge in [0, 0.05) is 11.6 Å². The van der Waals surface area contributed by atoms with E-state index in [1.807, 2.05) is 0 Å². The number of nitrogens with zero attached hydrogens (tertiary/aromatic N) is 2. The van der Waals surface area contributed by atoms with Gasteiger partial charge in [-0.2, -0.15) is 0 Å². The van der Waals surface area contributed by atoms with Gasteiger partial charge < -0.3 is 19.9 Å². The Balaban J connectivity index is 0.000000259. The molecule has 0 aliphatic carbocycles. The summed E-state index contributed by atoms with van der Waals surface area (Å²) in [5.41, 5.74) is 2.02. The first-order valence-corrected chi connectivity index (χ1v) is 8.74. The van der Waals surface area contributed by atoms with E-state index in [4.69, 9.17) is 14.8 Å². The average molecular weight is 416 g/mol. The van der Waals surface area contributed by atoms with E-state index in [1.54, 1.807) is 32.0 Å². The van der Waals surface area contributed by atoms with Crippen molar-refractivity contribution >= 4 is 6.21 Å². The third-order valence-corrected chi connectivity index (χ3v) is 3.40. The summed E-state index contributed by atoms with van der Waals surface area (Å²) in [6.45, 7) is 3.13. The zero-order valence-corrected chi connectivity index (χ0v) is 16.4. The topological polar surface area (TPSA) is 99.1 Å². The molecule has 0 radical (unpaired) electrons. The van der Waals surface area contributed by atoms with Gasteiger partial charge in [-0.25, -0.2) is 8.78 Å². The maximum Gasteiger partial charge on any atom is 0.165 e. The van der Waals surface area contributed by atoms with Crippen molar-refractivity contribution < 1.29 is 28.7 Å². The van der Waals surface area contributed by atoms with Crippen LogP contribution in [-0.2, 0) is 0 Å². The highest BCUT2D eigenvalue weighted by Crippen LogP contribution is 2.22. The standard InChI is InChI=1S/C11H10FNO2.C7H6FNO.C4H6O/c1-7(14)11-6-10(13-15-11)8-2-4-9(12)5-3-8;8-7-3-1-6(2-4-7)5-9-10;1-3-4(2)5/h2-7,14H,1H3;1-5,10H;1,4-5H,2H3. The van der Waals surface area contributed by atoms with Crippen LogP contribution in [0.1, 0.15) is 31.3 Å². The lowest BCUT2D eigenvalue weighted by Crippen LogP contribution is -1.90. The molecule has 0 saturated heterocycles. The van der Waals surface area contributed by atoms with E-state index in [2.05, 4.69) is 22.7 Å². The minimum Gasteiger partial charge on any atom is -0.411 e. The maximum absolute atomic E-state index is 12.7. The van der Waals surface area contributed by atoms with Crippen molar-refractivity contribution in [3.63, 3.8) is 0 Å². The Bertz CT molecular complexity index is 945. The minimum atomic E-state index is -0.688. The van der Waals surface area contributed by atoms with Crippen molar-refractivity contribution in [2.45, 2.75) is 26.1 Å². The van der Waals surface area contributed by atoms with Crippen LogP contribution in [0.4, 0.5) is 8.78 Å². The summed E-state index contributed by atoms with van der Waals surface area (Å²) in [7, 11) is 0. The zero-order chi connectivity index (χ0) is 22.5. The van der Waals surface area contributed by atoms with E-state index in [9.17, 15) is 13.9 Å². The monoisotopic (exact) mass is 416 g/mol. The molecule has 0 aliphatic heterocycles. The van der Waals surface area contributed by atoms with Crippen LogP contribution in [0.3, 0.4) is 0 Å². The number of halogens is 2. The van der Waals surface area contributed by atoms with Crippen LogP contribution in [0.25, 0.3) is 11.3 Å². The average Bonchev–Trinajstić information content (AvgIpc) is 3.22. The maximum atomic E-state index is 12.7. The van der Waals surface area contributed by atoms with E-state index >= 15 is 0 Å². The van der Waals surface area contributed by atoms with Crippen LogP contribution in [0.2, 0.25) is 0 Å². The summed E-state index contributed by atoms with van der Waals surface area (Å²) in [5.74, 6) is 1.89. The first-order valence-electron chi connectivity index (χ1n) is 8.74. The highest BCUT2D eigenvalue weighted by molar-refractivity contribution is 5.78. The summed E-state index contributed by atoms with van der Waals surface area (Å²) in [6.07, 6.45) is 4.63. The lowest BCUT2D eigenvalue weighted by molar-refractivity contribution is 0.158. The van der Waals surface area contributed by atoms with Crippen molar-refractivity contribution in [2.75, 3.05) is 0 Å². The number of hydrogen-bond acceptors (Lipinski definition) is 6. The molecule has 0 amide bonds. The Morgan fingerprint density at radius 2 is 1.53 bits per heavy atom. The molecule has 3 rings (SSSR count). The number of hydrogen-bond donors (Lipinski definition) is 3. The molecule has 0 spiro atoms. The van der Waals surface area contributed by atoms with Crippen LogP contribution < -0.4 is 0 Å². The minimum absolute atomic E-state index is 0.294. The fourth-order valence-corrected chi connectivity index (χ4v) is 1.86. The van der Waals surface area contributed by atoms with Crippen LogP contribution in [0, 0.1) is 24.0 Å². The van der Waals surface area contributed by atoms with Gasteiger partial charge in [0.05, 0.1) is 6.21 Å². The predicted octanol–water partition coefficient (Wildman–Crippen LogP) is 4.17. The number of aliphatic hydroxyl groups is 2. The first kappa shape index (κ1) is 24.5. The van der Waals surface area contributed by atoms with Gasteiger partial charge in [0.25, 0.3) is 0 Å². The largest absolute Gasteiger partial charge is 0.411 e. The molecule has 0 aliphatic rings. The predicted molar refractivity (Wildman–Crippen MR) is 109 cm³/mol. The number of benzene rings is 2. The Morgan fingerprint density at radius 3 is 1.93 bits per heavy atom. The van der Waals surface area contributed by atoms with Gasteiger partial charge in [-0.15, -0.1) is 6.42 Å². The molecular weight excluding hydrogens is 394 g/mol. The molecule has 1 heterocycles. The molecule has 2 aromatic carbocycles. The molecule has 3 aromatic rings. The number of aliphatic hydroxyl groups excluding tert-OH is 2.